The van der Waals surface area contributed by atoms with Gasteiger partial charge in [-0.25, -0.2) is 8.42 Å². The van der Waals surface area contributed by atoms with Gasteiger partial charge in [-0.05, 0) is 43.4 Å². The van der Waals surface area contributed by atoms with E-state index in [0.717, 1.165) is 25.7 Å². The first-order valence-corrected chi connectivity index (χ1v) is 8.65. The third-order valence-corrected chi connectivity index (χ3v) is 7.37. The topological polar surface area (TPSA) is 34.1 Å². The standard InChI is InChI=1S/C14H22O2S/c1-12-5-8-13-6-3-2-4-7-14(13,9-12)11-17(15,16)10-13/h5H,2-4,6-11H2,1H3. The molecule has 2 nitrogen and oxygen atoms in total. The third kappa shape index (κ3) is 1.69. The smallest absolute Gasteiger partial charge is 0.151 e. The van der Waals surface area contributed by atoms with Crippen LogP contribution in [0.2, 0.25) is 0 Å². The fourth-order valence-electron chi connectivity index (χ4n) is 4.66. The minimum atomic E-state index is -2.80. The molecule has 17 heavy (non-hydrogen) atoms. The lowest BCUT2D eigenvalue weighted by Gasteiger charge is -2.47. The molecule has 0 aromatic rings. The maximum Gasteiger partial charge on any atom is 0.151 e. The highest BCUT2D eigenvalue weighted by Crippen LogP contribution is 2.62. The Labute approximate surface area is 104 Å². The fourth-order valence-corrected chi connectivity index (χ4v) is 7.56. The largest absolute Gasteiger partial charge is 0.229 e. The van der Waals surface area contributed by atoms with Crippen LogP contribution in [0, 0.1) is 10.8 Å². The SMILES string of the molecule is CC1=CCC23CCCCCC2(C1)CS(=O)(=O)C3. The Balaban J connectivity index is 2.10. The van der Waals surface area contributed by atoms with E-state index in [1.165, 1.54) is 24.8 Å². The second-order valence-electron chi connectivity index (χ2n) is 6.58. The molecule has 1 saturated heterocycles. The number of hydrogen-bond acceptors (Lipinski definition) is 2. The van der Waals surface area contributed by atoms with Gasteiger partial charge in [-0.15, -0.1) is 0 Å². The van der Waals surface area contributed by atoms with Gasteiger partial charge in [0.2, 0.25) is 0 Å². The number of sulfone groups is 1. The van der Waals surface area contributed by atoms with Gasteiger partial charge in [0, 0.05) is 0 Å². The van der Waals surface area contributed by atoms with Gasteiger partial charge < -0.3 is 0 Å². The Morgan fingerprint density at radius 2 is 1.71 bits per heavy atom. The van der Waals surface area contributed by atoms with Gasteiger partial charge in [0.25, 0.3) is 0 Å². The second kappa shape index (κ2) is 3.59. The highest BCUT2D eigenvalue weighted by molar-refractivity contribution is 7.91. The first-order valence-electron chi connectivity index (χ1n) is 6.83. The minimum absolute atomic E-state index is 0.0984. The zero-order valence-electron chi connectivity index (χ0n) is 10.7. The lowest BCUT2D eigenvalue weighted by Crippen LogP contribution is -2.42. The normalized spacial score (nSPS) is 44.4. The lowest BCUT2D eigenvalue weighted by molar-refractivity contribution is 0.0741. The van der Waals surface area contributed by atoms with Crippen molar-refractivity contribution in [3.05, 3.63) is 11.6 Å². The average molecular weight is 254 g/mol. The van der Waals surface area contributed by atoms with Gasteiger partial charge in [0.15, 0.2) is 9.84 Å². The predicted molar refractivity (Wildman–Crippen MR) is 69.6 cm³/mol. The van der Waals surface area contributed by atoms with E-state index in [2.05, 4.69) is 13.0 Å². The van der Waals surface area contributed by atoms with Crippen molar-refractivity contribution in [2.45, 2.75) is 51.9 Å². The molecule has 3 rings (SSSR count). The van der Waals surface area contributed by atoms with E-state index >= 15 is 0 Å². The molecular weight excluding hydrogens is 232 g/mol. The molecule has 0 aromatic carbocycles. The van der Waals surface area contributed by atoms with Crippen molar-refractivity contribution in [1.29, 1.82) is 0 Å². The van der Waals surface area contributed by atoms with Crippen LogP contribution in [0.15, 0.2) is 11.6 Å². The van der Waals surface area contributed by atoms with Crippen molar-refractivity contribution in [2.75, 3.05) is 11.5 Å². The van der Waals surface area contributed by atoms with E-state index in [0.29, 0.717) is 11.5 Å². The highest BCUT2D eigenvalue weighted by Gasteiger charge is 2.60. The first kappa shape index (κ1) is 11.8. The summed E-state index contributed by atoms with van der Waals surface area (Å²) in [5, 5.41) is 0. The monoisotopic (exact) mass is 254 g/mol. The van der Waals surface area contributed by atoms with E-state index in [-0.39, 0.29) is 10.8 Å². The number of rotatable bonds is 0. The molecule has 0 spiro atoms. The van der Waals surface area contributed by atoms with Gasteiger partial charge in [-0.2, -0.15) is 0 Å². The predicted octanol–water partition coefficient (Wildman–Crippen LogP) is 3.09. The maximum atomic E-state index is 12.1. The van der Waals surface area contributed by atoms with Crippen LogP contribution in [-0.4, -0.2) is 19.9 Å². The fraction of sp³-hybridized carbons (Fsp3) is 0.857. The summed E-state index contributed by atoms with van der Waals surface area (Å²) in [6, 6.07) is 0. The summed E-state index contributed by atoms with van der Waals surface area (Å²) in [5.41, 5.74) is 1.61. The molecule has 2 fully saturated rings. The Kier molecular flexibility index (Phi) is 2.49. The summed E-state index contributed by atoms with van der Waals surface area (Å²) in [7, 11) is -2.80. The van der Waals surface area contributed by atoms with Crippen molar-refractivity contribution >= 4 is 9.84 Å². The van der Waals surface area contributed by atoms with Gasteiger partial charge in [0.1, 0.15) is 0 Å². The summed E-state index contributed by atoms with van der Waals surface area (Å²) >= 11 is 0. The van der Waals surface area contributed by atoms with Crippen LogP contribution in [0.1, 0.15) is 51.9 Å². The van der Waals surface area contributed by atoms with Crippen molar-refractivity contribution in [2.24, 2.45) is 10.8 Å². The summed E-state index contributed by atoms with van der Waals surface area (Å²) in [6.45, 7) is 2.18. The first-order chi connectivity index (χ1) is 7.97. The van der Waals surface area contributed by atoms with E-state index in [4.69, 9.17) is 0 Å². The van der Waals surface area contributed by atoms with Crippen molar-refractivity contribution in [3.63, 3.8) is 0 Å². The Morgan fingerprint density at radius 1 is 1.06 bits per heavy atom. The summed E-state index contributed by atoms with van der Waals surface area (Å²) in [6.07, 6.45) is 10.4. The Morgan fingerprint density at radius 3 is 2.47 bits per heavy atom. The van der Waals surface area contributed by atoms with Crippen LogP contribution >= 0.6 is 0 Å². The summed E-state index contributed by atoms with van der Waals surface area (Å²) in [5.74, 6) is 0.926. The third-order valence-electron chi connectivity index (χ3n) is 5.39. The van der Waals surface area contributed by atoms with Gasteiger partial charge in [-0.1, -0.05) is 30.9 Å². The molecule has 2 atom stereocenters. The Hall–Kier alpha value is -0.310. The molecule has 96 valence electrons. The lowest BCUT2D eigenvalue weighted by atomic mass is 9.56. The maximum absolute atomic E-state index is 12.1. The van der Waals surface area contributed by atoms with E-state index in [1.807, 2.05) is 0 Å². The molecule has 0 radical (unpaired) electrons. The zero-order valence-corrected chi connectivity index (χ0v) is 11.5. The van der Waals surface area contributed by atoms with Crippen LogP contribution in [0.4, 0.5) is 0 Å². The number of allylic oxidation sites excluding steroid dienone is 2. The van der Waals surface area contributed by atoms with E-state index < -0.39 is 9.84 Å². The molecule has 0 amide bonds. The highest BCUT2D eigenvalue weighted by atomic mass is 32.2. The molecular formula is C14H22O2S. The molecule has 3 heteroatoms. The van der Waals surface area contributed by atoms with Crippen LogP contribution in [0.25, 0.3) is 0 Å². The van der Waals surface area contributed by atoms with Gasteiger partial charge in [0.05, 0.1) is 11.5 Å². The second-order valence-corrected chi connectivity index (χ2v) is 8.65. The van der Waals surface area contributed by atoms with Crippen molar-refractivity contribution < 1.29 is 8.42 Å². The van der Waals surface area contributed by atoms with Crippen LogP contribution in [0.5, 0.6) is 0 Å². The van der Waals surface area contributed by atoms with E-state index in [9.17, 15) is 8.42 Å². The number of hydrogen-bond donors (Lipinski definition) is 0. The van der Waals surface area contributed by atoms with Crippen molar-refractivity contribution in [1.82, 2.24) is 0 Å². The van der Waals surface area contributed by atoms with Crippen LogP contribution < -0.4 is 0 Å². The average Bonchev–Trinajstić information content (AvgIpc) is 2.34. The molecule has 0 N–H and O–H groups in total. The Bertz CT molecular complexity index is 463. The summed E-state index contributed by atoms with van der Waals surface area (Å²) in [4.78, 5) is 0. The zero-order chi connectivity index (χ0) is 12.1. The molecule has 2 aliphatic carbocycles. The van der Waals surface area contributed by atoms with Crippen LogP contribution in [-0.2, 0) is 9.84 Å². The van der Waals surface area contributed by atoms with Gasteiger partial charge >= 0.3 is 0 Å². The van der Waals surface area contributed by atoms with Crippen LogP contribution in [0.3, 0.4) is 0 Å². The van der Waals surface area contributed by atoms with E-state index in [1.54, 1.807) is 0 Å². The molecule has 1 heterocycles. The minimum Gasteiger partial charge on any atom is -0.229 e. The summed E-state index contributed by atoms with van der Waals surface area (Å²) < 4.78 is 24.3. The quantitative estimate of drug-likeness (QED) is 0.623. The molecule has 3 aliphatic rings. The molecule has 0 aromatic heterocycles. The van der Waals surface area contributed by atoms with Gasteiger partial charge in [-0.3, -0.25) is 0 Å². The molecule has 0 bridgehead atoms. The molecule has 1 aliphatic heterocycles. The molecule has 2 unspecified atom stereocenters. The van der Waals surface area contributed by atoms with Crippen molar-refractivity contribution in [3.8, 4) is 0 Å². The molecule has 1 saturated carbocycles.